The number of hydrogen-bond donors (Lipinski definition) is 1. The van der Waals surface area contributed by atoms with Gasteiger partial charge in [0.05, 0.1) is 5.75 Å². The van der Waals surface area contributed by atoms with Crippen molar-refractivity contribution in [3.63, 3.8) is 0 Å². The van der Waals surface area contributed by atoms with Crippen molar-refractivity contribution in [1.82, 2.24) is 0 Å². The van der Waals surface area contributed by atoms with E-state index in [9.17, 15) is 13.5 Å². The smallest absolute Gasteiger partial charge is 0.236 e. The summed E-state index contributed by atoms with van der Waals surface area (Å²) in [5.74, 6) is -0.384. The Bertz CT molecular complexity index is 411. The van der Waals surface area contributed by atoms with Crippen LogP contribution in [-0.2, 0) is 14.8 Å². The summed E-state index contributed by atoms with van der Waals surface area (Å²) in [6.45, 7) is 1.80. The van der Waals surface area contributed by atoms with Gasteiger partial charge in [0, 0.05) is 16.2 Å². The van der Waals surface area contributed by atoms with Gasteiger partial charge in [-0.25, -0.2) is 8.42 Å². The highest BCUT2D eigenvalue weighted by atomic mass is 35.7. The molecule has 0 atom stereocenters. The van der Waals surface area contributed by atoms with Gasteiger partial charge in [-0.05, 0) is 18.6 Å². The zero-order valence-corrected chi connectivity index (χ0v) is 8.56. The molecule has 3 nitrogen and oxygen atoms in total. The van der Waals surface area contributed by atoms with E-state index >= 15 is 0 Å². The molecular weight excluding hydrogens is 212 g/mol. The van der Waals surface area contributed by atoms with Crippen LogP contribution in [0.25, 0.3) is 0 Å². The lowest BCUT2D eigenvalue weighted by atomic mass is 10.1. The van der Waals surface area contributed by atoms with E-state index in [1.165, 1.54) is 6.07 Å². The van der Waals surface area contributed by atoms with Crippen molar-refractivity contribution in [2.24, 2.45) is 0 Å². The van der Waals surface area contributed by atoms with Crippen LogP contribution in [0.3, 0.4) is 0 Å². The van der Waals surface area contributed by atoms with Crippen molar-refractivity contribution in [2.45, 2.75) is 12.7 Å². The normalized spacial score (nSPS) is 11.5. The van der Waals surface area contributed by atoms with Gasteiger partial charge in [0.1, 0.15) is 5.75 Å². The van der Waals surface area contributed by atoms with Gasteiger partial charge in [0.15, 0.2) is 0 Å². The van der Waals surface area contributed by atoms with Gasteiger partial charge < -0.3 is 5.11 Å². The molecule has 5 heteroatoms. The minimum atomic E-state index is -3.60. The molecule has 72 valence electrons. The second-order valence-corrected chi connectivity index (χ2v) is 5.59. The predicted octanol–water partition coefficient (Wildman–Crippen LogP) is 1.77. The second kappa shape index (κ2) is 3.55. The minimum absolute atomic E-state index is 0.0378. The molecule has 0 saturated carbocycles. The van der Waals surface area contributed by atoms with Crippen LogP contribution in [0.2, 0.25) is 0 Å². The van der Waals surface area contributed by atoms with E-state index in [1.807, 2.05) is 0 Å². The first-order valence-corrected chi connectivity index (χ1v) is 6.07. The summed E-state index contributed by atoms with van der Waals surface area (Å²) in [5.41, 5.74) is 1.19. The highest BCUT2D eigenvalue weighted by molar-refractivity contribution is 8.13. The Morgan fingerprint density at radius 2 is 2.08 bits per heavy atom. The van der Waals surface area contributed by atoms with Crippen LogP contribution in [0.4, 0.5) is 0 Å². The number of hydrogen-bond acceptors (Lipinski definition) is 3. The van der Waals surface area contributed by atoms with Crippen LogP contribution >= 0.6 is 10.7 Å². The molecule has 0 amide bonds. The largest absolute Gasteiger partial charge is 0.508 e. The maximum atomic E-state index is 10.7. The third-order valence-electron chi connectivity index (χ3n) is 1.57. The molecule has 1 rings (SSSR count). The van der Waals surface area contributed by atoms with Gasteiger partial charge in [-0.3, -0.25) is 0 Å². The van der Waals surface area contributed by atoms with Crippen molar-refractivity contribution in [1.29, 1.82) is 0 Å². The Morgan fingerprint density at radius 1 is 1.46 bits per heavy atom. The van der Waals surface area contributed by atoms with Crippen LogP contribution in [-0.4, -0.2) is 13.5 Å². The SMILES string of the molecule is Cc1ccc(CS(=O)(=O)Cl)c(O)c1. The molecule has 0 bridgehead atoms. The summed E-state index contributed by atoms with van der Waals surface area (Å²) >= 11 is 0. The van der Waals surface area contributed by atoms with Crippen LogP contribution in [0.15, 0.2) is 18.2 Å². The molecule has 0 aromatic heterocycles. The minimum Gasteiger partial charge on any atom is -0.508 e. The summed E-state index contributed by atoms with van der Waals surface area (Å²) in [6, 6.07) is 4.76. The maximum absolute atomic E-state index is 10.7. The van der Waals surface area contributed by atoms with E-state index < -0.39 is 9.05 Å². The number of benzene rings is 1. The molecule has 0 saturated heterocycles. The molecule has 0 heterocycles. The molecule has 0 aliphatic rings. The molecule has 1 aromatic carbocycles. The predicted molar refractivity (Wildman–Crippen MR) is 51.3 cm³/mol. The Morgan fingerprint density at radius 3 is 2.54 bits per heavy atom. The molecule has 1 aromatic rings. The van der Waals surface area contributed by atoms with E-state index in [4.69, 9.17) is 10.7 Å². The van der Waals surface area contributed by atoms with E-state index in [0.29, 0.717) is 5.56 Å². The Kier molecular flexibility index (Phi) is 2.83. The number of phenolic OH excluding ortho intramolecular Hbond substituents is 1. The first-order chi connectivity index (χ1) is 5.88. The molecule has 0 radical (unpaired) electrons. The number of aromatic hydroxyl groups is 1. The summed E-state index contributed by atoms with van der Waals surface area (Å²) in [6.07, 6.45) is 0. The Labute approximate surface area is 81.4 Å². The van der Waals surface area contributed by atoms with Gasteiger partial charge >= 0.3 is 0 Å². The first kappa shape index (κ1) is 10.3. The Hall–Kier alpha value is -0.740. The summed E-state index contributed by atoms with van der Waals surface area (Å²) in [7, 11) is 1.44. The Balaban J connectivity index is 3.04. The van der Waals surface area contributed by atoms with Gasteiger partial charge in [-0.15, -0.1) is 0 Å². The summed E-state index contributed by atoms with van der Waals surface area (Å²) < 4.78 is 21.4. The average Bonchev–Trinajstić information content (AvgIpc) is 1.93. The van der Waals surface area contributed by atoms with Gasteiger partial charge in [0.2, 0.25) is 9.05 Å². The molecule has 0 spiro atoms. The van der Waals surface area contributed by atoms with Gasteiger partial charge in [-0.1, -0.05) is 12.1 Å². The zero-order chi connectivity index (χ0) is 10.1. The van der Waals surface area contributed by atoms with Gasteiger partial charge in [-0.2, -0.15) is 0 Å². The standard InChI is InChI=1S/C8H9ClO3S/c1-6-2-3-7(8(10)4-6)5-13(9,11)12/h2-4,10H,5H2,1H3. The zero-order valence-electron chi connectivity index (χ0n) is 6.99. The van der Waals surface area contributed by atoms with E-state index in [0.717, 1.165) is 5.56 Å². The van der Waals surface area contributed by atoms with Crippen LogP contribution < -0.4 is 0 Å². The van der Waals surface area contributed by atoms with E-state index in [2.05, 4.69) is 0 Å². The average molecular weight is 221 g/mol. The number of phenols is 1. The number of aryl methyl sites for hydroxylation is 1. The third kappa shape index (κ3) is 3.24. The summed E-state index contributed by atoms with van der Waals surface area (Å²) in [5, 5.41) is 9.33. The van der Waals surface area contributed by atoms with Crippen molar-refractivity contribution < 1.29 is 13.5 Å². The van der Waals surface area contributed by atoms with Crippen molar-refractivity contribution in [2.75, 3.05) is 0 Å². The molecule has 0 unspecified atom stereocenters. The first-order valence-electron chi connectivity index (χ1n) is 3.59. The monoisotopic (exact) mass is 220 g/mol. The second-order valence-electron chi connectivity index (χ2n) is 2.82. The number of rotatable bonds is 2. The van der Waals surface area contributed by atoms with Crippen molar-refractivity contribution >= 4 is 19.7 Å². The molecule has 0 aliphatic heterocycles. The van der Waals surface area contributed by atoms with Crippen LogP contribution in [0.1, 0.15) is 11.1 Å². The topological polar surface area (TPSA) is 54.4 Å². The fraction of sp³-hybridized carbons (Fsp3) is 0.250. The summed E-state index contributed by atoms with van der Waals surface area (Å²) in [4.78, 5) is 0. The number of halogens is 1. The molecular formula is C8H9ClO3S. The highest BCUT2D eigenvalue weighted by Crippen LogP contribution is 2.21. The quantitative estimate of drug-likeness (QED) is 0.773. The molecule has 0 fully saturated rings. The van der Waals surface area contributed by atoms with E-state index in [1.54, 1.807) is 19.1 Å². The highest BCUT2D eigenvalue weighted by Gasteiger charge is 2.10. The lowest BCUT2D eigenvalue weighted by Crippen LogP contribution is -1.95. The molecule has 13 heavy (non-hydrogen) atoms. The van der Waals surface area contributed by atoms with Crippen LogP contribution in [0.5, 0.6) is 5.75 Å². The molecule has 1 N–H and O–H groups in total. The van der Waals surface area contributed by atoms with Crippen molar-refractivity contribution in [3.8, 4) is 5.75 Å². The molecule has 0 aliphatic carbocycles. The fourth-order valence-corrected chi connectivity index (χ4v) is 1.95. The van der Waals surface area contributed by atoms with E-state index in [-0.39, 0.29) is 11.5 Å². The fourth-order valence-electron chi connectivity index (χ4n) is 0.982. The van der Waals surface area contributed by atoms with Gasteiger partial charge in [0.25, 0.3) is 0 Å². The maximum Gasteiger partial charge on any atom is 0.236 e. The lowest BCUT2D eigenvalue weighted by Gasteiger charge is -2.02. The lowest BCUT2D eigenvalue weighted by molar-refractivity contribution is 0.469. The van der Waals surface area contributed by atoms with Crippen molar-refractivity contribution in [3.05, 3.63) is 29.3 Å². The van der Waals surface area contributed by atoms with Crippen LogP contribution in [0, 0.1) is 6.92 Å². The third-order valence-corrected chi connectivity index (χ3v) is 2.55.